The molecule has 1 saturated heterocycles. The molecule has 2 amide bonds. The Kier molecular flexibility index (Phi) is 10.2. The molecule has 1 aromatic rings. The number of nitrogens with zero attached hydrogens (tertiary/aromatic N) is 2. The number of carbonyl (C=O) groups excluding carboxylic acids is 2. The molecule has 2 heterocycles. The van der Waals surface area contributed by atoms with Gasteiger partial charge in [-0.15, -0.1) is 0 Å². The van der Waals surface area contributed by atoms with Crippen molar-refractivity contribution in [1.82, 2.24) is 15.1 Å². The van der Waals surface area contributed by atoms with Gasteiger partial charge < -0.3 is 19.4 Å². The second-order valence-corrected chi connectivity index (χ2v) is 7.65. The quantitative estimate of drug-likeness (QED) is 0.577. The molecule has 7 heteroatoms. The molecule has 1 unspecified atom stereocenters. The van der Waals surface area contributed by atoms with Crippen LogP contribution in [0.2, 0.25) is 0 Å². The van der Waals surface area contributed by atoms with Crippen LogP contribution < -0.4 is 5.32 Å². The molecule has 1 aromatic heterocycles. The van der Waals surface area contributed by atoms with Crippen LogP contribution in [-0.4, -0.2) is 67.6 Å². The first-order valence-electron chi connectivity index (χ1n) is 11.0. The number of nitrogens with one attached hydrogen (secondary N) is 1. The monoisotopic (exact) mass is 407 g/mol. The van der Waals surface area contributed by atoms with Crippen molar-refractivity contribution >= 4 is 11.8 Å². The molecule has 0 spiro atoms. The molecule has 0 bridgehead atoms. The molecule has 0 radical (unpaired) electrons. The minimum Gasteiger partial charge on any atom is -0.465 e. The maximum Gasteiger partial charge on any atom is 0.222 e. The number of amides is 2. The lowest BCUT2D eigenvalue weighted by molar-refractivity contribution is -0.131. The molecular formula is C22H37N3O4. The lowest BCUT2D eigenvalue weighted by Crippen LogP contribution is -2.43. The van der Waals surface area contributed by atoms with Gasteiger partial charge in [-0.05, 0) is 38.3 Å². The largest absolute Gasteiger partial charge is 0.465 e. The third kappa shape index (κ3) is 7.82. The van der Waals surface area contributed by atoms with Gasteiger partial charge in [-0.25, -0.2) is 0 Å². The Labute approximate surface area is 174 Å². The van der Waals surface area contributed by atoms with E-state index >= 15 is 0 Å². The van der Waals surface area contributed by atoms with Crippen LogP contribution >= 0.6 is 0 Å². The highest BCUT2D eigenvalue weighted by atomic mass is 16.5. The molecule has 1 aliphatic rings. The summed E-state index contributed by atoms with van der Waals surface area (Å²) in [4.78, 5) is 28.9. The average molecular weight is 408 g/mol. The molecule has 0 aromatic carbocycles. The second-order valence-electron chi connectivity index (χ2n) is 7.65. The fourth-order valence-corrected chi connectivity index (χ4v) is 3.69. The van der Waals surface area contributed by atoms with Crippen molar-refractivity contribution < 1.29 is 18.7 Å². The molecule has 1 N–H and O–H groups in total. The Morgan fingerprint density at radius 2 is 1.83 bits per heavy atom. The zero-order chi connectivity index (χ0) is 21.1. The Balaban J connectivity index is 1.79. The number of hydrogen-bond donors (Lipinski definition) is 1. The average Bonchev–Trinajstić information content (AvgIpc) is 3.14. The van der Waals surface area contributed by atoms with E-state index in [0.717, 1.165) is 50.5 Å². The standard InChI is InChI=1S/C22H37N3O4/c1-4-11-25(12-5-2)22(27)8-6-7-21(26)23-17-19(20-10-9-18(3)29-20)24-13-15-28-16-14-24/h9-10,19H,4-8,11-17H2,1-3H3,(H,23,26). The maximum atomic E-state index is 12.4. The topological polar surface area (TPSA) is 75.0 Å². The highest BCUT2D eigenvalue weighted by Gasteiger charge is 2.25. The molecule has 7 nitrogen and oxygen atoms in total. The molecule has 1 aliphatic heterocycles. The molecule has 2 rings (SSSR count). The van der Waals surface area contributed by atoms with Gasteiger partial charge in [-0.3, -0.25) is 14.5 Å². The second kappa shape index (κ2) is 12.6. The van der Waals surface area contributed by atoms with E-state index in [4.69, 9.17) is 9.15 Å². The Hall–Kier alpha value is -1.86. The third-order valence-corrected chi connectivity index (χ3v) is 5.20. The molecule has 164 valence electrons. The highest BCUT2D eigenvalue weighted by molar-refractivity contribution is 5.79. The first-order chi connectivity index (χ1) is 14.0. The van der Waals surface area contributed by atoms with E-state index in [0.29, 0.717) is 39.0 Å². The summed E-state index contributed by atoms with van der Waals surface area (Å²) in [6, 6.07) is 3.94. The van der Waals surface area contributed by atoms with Crippen LogP contribution in [0, 0.1) is 6.92 Å². The van der Waals surface area contributed by atoms with Crippen LogP contribution in [0.3, 0.4) is 0 Å². The zero-order valence-corrected chi connectivity index (χ0v) is 18.2. The van der Waals surface area contributed by atoms with E-state index in [1.54, 1.807) is 0 Å². The summed E-state index contributed by atoms with van der Waals surface area (Å²) in [7, 11) is 0. The van der Waals surface area contributed by atoms with E-state index in [1.807, 2.05) is 24.0 Å². The lowest BCUT2D eigenvalue weighted by Gasteiger charge is -2.33. The van der Waals surface area contributed by atoms with Crippen molar-refractivity contribution in [1.29, 1.82) is 0 Å². The van der Waals surface area contributed by atoms with Crippen LogP contribution in [0.1, 0.15) is 63.5 Å². The molecule has 29 heavy (non-hydrogen) atoms. The van der Waals surface area contributed by atoms with Crippen LogP contribution in [0.15, 0.2) is 16.5 Å². The molecular weight excluding hydrogens is 370 g/mol. The smallest absolute Gasteiger partial charge is 0.222 e. The van der Waals surface area contributed by atoms with Crippen molar-refractivity contribution in [2.24, 2.45) is 0 Å². The van der Waals surface area contributed by atoms with Crippen LogP contribution in [0.25, 0.3) is 0 Å². The zero-order valence-electron chi connectivity index (χ0n) is 18.2. The van der Waals surface area contributed by atoms with Gasteiger partial charge in [-0.2, -0.15) is 0 Å². The number of hydrogen-bond acceptors (Lipinski definition) is 5. The van der Waals surface area contributed by atoms with E-state index in [-0.39, 0.29) is 17.9 Å². The van der Waals surface area contributed by atoms with Crippen LogP contribution in [-0.2, 0) is 14.3 Å². The van der Waals surface area contributed by atoms with Gasteiger partial charge >= 0.3 is 0 Å². The molecule has 0 saturated carbocycles. The van der Waals surface area contributed by atoms with Gasteiger partial charge in [0.1, 0.15) is 11.5 Å². The number of furan rings is 1. The van der Waals surface area contributed by atoms with Crippen molar-refractivity contribution in [2.45, 2.75) is 58.9 Å². The first-order valence-corrected chi connectivity index (χ1v) is 11.0. The fourth-order valence-electron chi connectivity index (χ4n) is 3.69. The predicted molar refractivity (Wildman–Crippen MR) is 113 cm³/mol. The fraction of sp³-hybridized carbons (Fsp3) is 0.727. The predicted octanol–water partition coefficient (Wildman–Crippen LogP) is 2.90. The van der Waals surface area contributed by atoms with Gasteiger partial charge in [0.2, 0.25) is 11.8 Å². The summed E-state index contributed by atoms with van der Waals surface area (Å²) >= 11 is 0. The van der Waals surface area contributed by atoms with Crippen LogP contribution in [0.4, 0.5) is 0 Å². The van der Waals surface area contributed by atoms with Gasteiger partial charge in [-0.1, -0.05) is 13.8 Å². The van der Waals surface area contributed by atoms with E-state index in [2.05, 4.69) is 24.1 Å². The Bertz CT molecular complexity index is 619. The summed E-state index contributed by atoms with van der Waals surface area (Å²) in [6.07, 6.45) is 3.29. The summed E-state index contributed by atoms with van der Waals surface area (Å²) < 4.78 is 11.3. The van der Waals surface area contributed by atoms with E-state index in [1.165, 1.54) is 0 Å². The minimum absolute atomic E-state index is 0.00258. The van der Waals surface area contributed by atoms with Crippen molar-refractivity contribution in [3.63, 3.8) is 0 Å². The number of carbonyl (C=O) groups is 2. The van der Waals surface area contributed by atoms with Crippen molar-refractivity contribution in [3.05, 3.63) is 23.7 Å². The highest BCUT2D eigenvalue weighted by Crippen LogP contribution is 2.23. The third-order valence-electron chi connectivity index (χ3n) is 5.20. The lowest BCUT2D eigenvalue weighted by atomic mass is 10.1. The Morgan fingerprint density at radius 1 is 1.14 bits per heavy atom. The van der Waals surface area contributed by atoms with Crippen LogP contribution in [0.5, 0.6) is 0 Å². The van der Waals surface area contributed by atoms with Crippen molar-refractivity contribution in [2.75, 3.05) is 45.9 Å². The first kappa shape index (κ1) is 23.4. The van der Waals surface area contributed by atoms with Gasteiger partial charge in [0.05, 0.1) is 19.3 Å². The number of ether oxygens (including phenoxy) is 1. The van der Waals surface area contributed by atoms with Gasteiger partial charge in [0.15, 0.2) is 0 Å². The van der Waals surface area contributed by atoms with E-state index in [9.17, 15) is 9.59 Å². The number of morpholine rings is 1. The molecule has 1 atom stereocenters. The summed E-state index contributed by atoms with van der Waals surface area (Å²) in [5.41, 5.74) is 0. The van der Waals surface area contributed by atoms with Crippen molar-refractivity contribution in [3.8, 4) is 0 Å². The Morgan fingerprint density at radius 3 is 2.41 bits per heavy atom. The SMILES string of the molecule is CCCN(CCC)C(=O)CCCC(=O)NCC(c1ccc(C)o1)N1CCOCC1. The summed E-state index contributed by atoms with van der Waals surface area (Å²) in [5.74, 6) is 1.87. The normalized spacial score (nSPS) is 15.8. The number of aryl methyl sites for hydroxylation is 1. The van der Waals surface area contributed by atoms with Gasteiger partial charge in [0.25, 0.3) is 0 Å². The maximum absolute atomic E-state index is 12.4. The summed E-state index contributed by atoms with van der Waals surface area (Å²) in [6.45, 7) is 11.2. The molecule has 1 fully saturated rings. The summed E-state index contributed by atoms with van der Waals surface area (Å²) in [5, 5.41) is 3.03. The number of rotatable bonds is 12. The minimum atomic E-state index is -0.0168. The van der Waals surface area contributed by atoms with Gasteiger partial charge in [0, 0.05) is 45.6 Å². The van der Waals surface area contributed by atoms with E-state index < -0.39 is 0 Å². The molecule has 0 aliphatic carbocycles.